The fraction of sp³-hybridized carbons (Fsp3) is 0.280. The molecule has 1 fully saturated rings. The topological polar surface area (TPSA) is 33.2 Å². The van der Waals surface area contributed by atoms with E-state index in [9.17, 15) is 13.6 Å². The molecule has 0 N–H and O–H groups in total. The number of pyridine rings is 1. The molecular weight excluding hydrogens is 382 g/mol. The highest BCUT2D eigenvalue weighted by Gasteiger charge is 2.25. The third-order valence-corrected chi connectivity index (χ3v) is 5.62. The highest BCUT2D eigenvalue weighted by atomic mass is 19.1. The van der Waals surface area contributed by atoms with Gasteiger partial charge in [-0.25, -0.2) is 8.78 Å². The summed E-state index contributed by atoms with van der Waals surface area (Å²) in [5.41, 5.74) is 3.21. The lowest BCUT2D eigenvalue weighted by Crippen LogP contribution is -2.40. The number of hydrogen-bond donors (Lipinski definition) is 0. The van der Waals surface area contributed by atoms with Gasteiger partial charge in [0.05, 0.1) is 6.42 Å². The van der Waals surface area contributed by atoms with Gasteiger partial charge in [-0.3, -0.25) is 9.78 Å². The number of likely N-dealkylation sites (tertiary alicyclic amines) is 1. The van der Waals surface area contributed by atoms with Crippen LogP contribution in [-0.4, -0.2) is 28.9 Å². The minimum absolute atomic E-state index is 0.0498. The lowest BCUT2D eigenvalue weighted by atomic mass is 9.93. The molecule has 4 rings (SSSR count). The SMILES string of the molecule is O=C(Cc1ccc(F)cc1)N1CCCC(c2cccc(Cc3ccccc3F)n2)C1. The van der Waals surface area contributed by atoms with Crippen molar-refractivity contribution < 1.29 is 13.6 Å². The number of carbonyl (C=O) groups excluding carboxylic acids is 1. The van der Waals surface area contributed by atoms with Crippen molar-refractivity contribution in [2.45, 2.75) is 31.6 Å². The first-order chi connectivity index (χ1) is 14.6. The Morgan fingerprint density at radius 3 is 2.60 bits per heavy atom. The molecule has 0 spiro atoms. The summed E-state index contributed by atoms with van der Waals surface area (Å²) in [6, 6.07) is 18.7. The molecule has 1 aliphatic rings. The highest BCUT2D eigenvalue weighted by Crippen LogP contribution is 2.26. The maximum absolute atomic E-state index is 14.0. The van der Waals surface area contributed by atoms with Crippen molar-refractivity contribution in [3.8, 4) is 0 Å². The van der Waals surface area contributed by atoms with Crippen LogP contribution in [0, 0.1) is 11.6 Å². The van der Waals surface area contributed by atoms with Crippen molar-refractivity contribution in [3.05, 3.63) is 101 Å². The smallest absolute Gasteiger partial charge is 0.227 e. The number of carbonyl (C=O) groups is 1. The van der Waals surface area contributed by atoms with Crippen molar-refractivity contribution >= 4 is 5.91 Å². The number of aromatic nitrogens is 1. The van der Waals surface area contributed by atoms with Gasteiger partial charge in [-0.15, -0.1) is 0 Å². The molecule has 3 aromatic rings. The number of benzene rings is 2. The van der Waals surface area contributed by atoms with Gasteiger partial charge in [0.25, 0.3) is 0 Å². The number of piperidine rings is 1. The highest BCUT2D eigenvalue weighted by molar-refractivity contribution is 5.79. The minimum Gasteiger partial charge on any atom is -0.342 e. The molecule has 1 aromatic heterocycles. The number of rotatable bonds is 5. The molecule has 1 unspecified atom stereocenters. The predicted octanol–water partition coefficient (Wildman–Crippen LogP) is 4.90. The average Bonchev–Trinajstić information content (AvgIpc) is 2.77. The Balaban J connectivity index is 1.43. The summed E-state index contributed by atoms with van der Waals surface area (Å²) < 4.78 is 27.1. The standard InChI is InChI=1S/C25H24F2N2O/c26-21-12-10-18(11-13-21)15-25(30)29-14-4-6-20(17-29)24-9-3-7-22(28-24)16-19-5-1-2-8-23(19)27/h1-3,5,7-13,20H,4,6,14-17H2. The Kier molecular flexibility index (Phi) is 6.17. The summed E-state index contributed by atoms with van der Waals surface area (Å²) in [6.07, 6.45) is 2.60. The molecule has 30 heavy (non-hydrogen) atoms. The van der Waals surface area contributed by atoms with Crippen LogP contribution in [0.4, 0.5) is 8.78 Å². The van der Waals surface area contributed by atoms with Gasteiger partial charge in [-0.2, -0.15) is 0 Å². The molecular formula is C25H24F2N2O. The molecule has 2 heterocycles. The number of hydrogen-bond acceptors (Lipinski definition) is 2. The van der Waals surface area contributed by atoms with E-state index in [1.165, 1.54) is 18.2 Å². The van der Waals surface area contributed by atoms with E-state index in [0.29, 0.717) is 18.5 Å². The number of halogens is 2. The summed E-state index contributed by atoms with van der Waals surface area (Å²) in [5.74, 6) is -0.309. The molecule has 0 radical (unpaired) electrons. The summed E-state index contributed by atoms with van der Waals surface area (Å²) in [4.78, 5) is 19.4. The molecule has 0 saturated carbocycles. The van der Waals surface area contributed by atoms with Crippen LogP contribution in [0.25, 0.3) is 0 Å². The van der Waals surface area contributed by atoms with Gasteiger partial charge >= 0.3 is 0 Å². The van der Waals surface area contributed by atoms with E-state index in [1.54, 1.807) is 24.3 Å². The molecule has 0 bridgehead atoms. The summed E-state index contributed by atoms with van der Waals surface area (Å²) in [7, 11) is 0. The lowest BCUT2D eigenvalue weighted by molar-refractivity contribution is -0.131. The van der Waals surface area contributed by atoms with Crippen LogP contribution in [0.2, 0.25) is 0 Å². The monoisotopic (exact) mass is 406 g/mol. The van der Waals surface area contributed by atoms with E-state index in [-0.39, 0.29) is 29.9 Å². The van der Waals surface area contributed by atoms with Crippen LogP contribution in [-0.2, 0) is 17.6 Å². The van der Waals surface area contributed by atoms with Crippen LogP contribution in [0.15, 0.2) is 66.7 Å². The minimum atomic E-state index is -0.300. The normalized spacial score (nSPS) is 16.5. The maximum atomic E-state index is 14.0. The Bertz CT molecular complexity index is 1020. The fourth-order valence-corrected chi connectivity index (χ4v) is 3.99. The van der Waals surface area contributed by atoms with Gasteiger partial charge in [-0.05, 0) is 54.3 Å². The summed E-state index contributed by atoms with van der Waals surface area (Å²) in [6.45, 7) is 1.35. The zero-order chi connectivity index (χ0) is 20.9. The summed E-state index contributed by atoms with van der Waals surface area (Å²) in [5, 5.41) is 0. The maximum Gasteiger partial charge on any atom is 0.227 e. The Labute approximate surface area is 175 Å². The fourth-order valence-electron chi connectivity index (χ4n) is 3.99. The van der Waals surface area contributed by atoms with Gasteiger partial charge in [0.15, 0.2) is 0 Å². The zero-order valence-electron chi connectivity index (χ0n) is 16.7. The van der Waals surface area contributed by atoms with Gasteiger partial charge < -0.3 is 4.90 Å². The first-order valence-corrected chi connectivity index (χ1v) is 10.3. The molecule has 2 aromatic carbocycles. The first-order valence-electron chi connectivity index (χ1n) is 10.3. The second-order valence-corrected chi connectivity index (χ2v) is 7.80. The van der Waals surface area contributed by atoms with Crippen LogP contribution in [0.5, 0.6) is 0 Å². The van der Waals surface area contributed by atoms with E-state index >= 15 is 0 Å². The van der Waals surface area contributed by atoms with Crippen molar-refractivity contribution in [2.24, 2.45) is 0 Å². The van der Waals surface area contributed by atoms with Crippen LogP contribution in [0.1, 0.15) is 41.3 Å². The van der Waals surface area contributed by atoms with E-state index in [0.717, 1.165) is 36.3 Å². The van der Waals surface area contributed by atoms with E-state index < -0.39 is 0 Å². The Hall–Kier alpha value is -3.08. The second-order valence-electron chi connectivity index (χ2n) is 7.80. The van der Waals surface area contributed by atoms with Crippen LogP contribution >= 0.6 is 0 Å². The van der Waals surface area contributed by atoms with Gasteiger partial charge in [-0.1, -0.05) is 36.4 Å². The molecule has 1 amide bonds. The van der Waals surface area contributed by atoms with Gasteiger partial charge in [0.1, 0.15) is 11.6 Å². The molecule has 154 valence electrons. The number of nitrogens with zero attached hydrogens (tertiary/aromatic N) is 2. The zero-order valence-corrected chi connectivity index (χ0v) is 16.7. The molecule has 0 aliphatic carbocycles. The van der Waals surface area contributed by atoms with Crippen LogP contribution in [0.3, 0.4) is 0 Å². The molecule has 3 nitrogen and oxygen atoms in total. The molecule has 5 heteroatoms. The van der Waals surface area contributed by atoms with E-state index in [4.69, 9.17) is 4.98 Å². The predicted molar refractivity (Wildman–Crippen MR) is 112 cm³/mol. The number of amides is 1. The molecule has 1 atom stereocenters. The first kappa shape index (κ1) is 20.2. The Morgan fingerprint density at radius 1 is 1.00 bits per heavy atom. The van der Waals surface area contributed by atoms with Gasteiger partial charge in [0.2, 0.25) is 5.91 Å². The van der Waals surface area contributed by atoms with E-state index in [2.05, 4.69) is 0 Å². The van der Waals surface area contributed by atoms with Crippen molar-refractivity contribution in [3.63, 3.8) is 0 Å². The van der Waals surface area contributed by atoms with Crippen LogP contribution < -0.4 is 0 Å². The molecule has 1 saturated heterocycles. The Morgan fingerprint density at radius 2 is 1.80 bits per heavy atom. The van der Waals surface area contributed by atoms with Gasteiger partial charge in [0, 0.05) is 36.8 Å². The molecule has 1 aliphatic heterocycles. The second kappa shape index (κ2) is 9.16. The lowest BCUT2D eigenvalue weighted by Gasteiger charge is -2.32. The van der Waals surface area contributed by atoms with Crippen molar-refractivity contribution in [2.75, 3.05) is 13.1 Å². The van der Waals surface area contributed by atoms with Crippen molar-refractivity contribution in [1.82, 2.24) is 9.88 Å². The quantitative estimate of drug-likeness (QED) is 0.604. The van der Waals surface area contributed by atoms with Crippen molar-refractivity contribution in [1.29, 1.82) is 0 Å². The average molecular weight is 406 g/mol. The third-order valence-electron chi connectivity index (χ3n) is 5.62. The van der Waals surface area contributed by atoms with E-state index in [1.807, 2.05) is 29.2 Å². The largest absolute Gasteiger partial charge is 0.342 e. The third kappa shape index (κ3) is 4.90. The summed E-state index contributed by atoms with van der Waals surface area (Å²) >= 11 is 0.